The zero-order valence-corrected chi connectivity index (χ0v) is 14.0. The second kappa shape index (κ2) is 9.09. The fraction of sp³-hybridized carbons (Fsp3) is 0.500. The molecule has 0 aromatic carbocycles. The Bertz CT molecular complexity index is 487. The average molecular weight is 331 g/mol. The molecule has 2 aliphatic heterocycles. The Labute approximate surface area is 133 Å². The monoisotopic (exact) mass is 331 g/mol. The van der Waals surface area contributed by atoms with Gasteiger partial charge in [0.05, 0.1) is 11.9 Å². The number of carboxylic acid groups (broad SMARTS) is 1. The molecule has 3 heterocycles. The molecule has 0 radical (unpaired) electrons. The lowest BCUT2D eigenvalue weighted by Crippen LogP contribution is -2.27. The summed E-state index contributed by atoms with van der Waals surface area (Å²) in [6.07, 6.45) is -0.0611. The topological polar surface area (TPSA) is 81.8 Å². The largest absolute Gasteiger partial charge is 0.492 e. The molecule has 0 spiro atoms. The summed E-state index contributed by atoms with van der Waals surface area (Å²) < 4.78 is 11.2. The van der Waals surface area contributed by atoms with Crippen molar-refractivity contribution in [3.8, 4) is 0 Å². The van der Waals surface area contributed by atoms with Crippen molar-refractivity contribution in [3.05, 3.63) is 33.1 Å². The quantitative estimate of drug-likeness (QED) is 0.866. The van der Waals surface area contributed by atoms with Crippen molar-refractivity contribution >= 4 is 29.1 Å². The average Bonchev–Trinajstić information content (AvgIpc) is 3.18. The van der Waals surface area contributed by atoms with Gasteiger partial charge in [-0.1, -0.05) is 13.8 Å². The van der Waals surface area contributed by atoms with Crippen LogP contribution in [0.15, 0.2) is 23.3 Å². The molecule has 1 fully saturated rings. The maximum atomic E-state index is 10.8. The van der Waals surface area contributed by atoms with Crippen molar-refractivity contribution in [1.82, 2.24) is 0 Å². The smallest absolute Gasteiger partial charge is 0.345 e. The van der Waals surface area contributed by atoms with Crippen LogP contribution in [0.2, 0.25) is 0 Å². The van der Waals surface area contributed by atoms with Gasteiger partial charge in [-0.3, -0.25) is 0 Å². The van der Waals surface area contributed by atoms with Gasteiger partial charge in [-0.2, -0.15) is 0 Å². The maximum Gasteiger partial charge on any atom is 0.345 e. The van der Waals surface area contributed by atoms with Crippen LogP contribution >= 0.6 is 23.1 Å². The predicted molar refractivity (Wildman–Crippen MR) is 86.8 cm³/mol. The number of ether oxygens (including phenoxy) is 2. The molecule has 3 N–H and O–H groups in total. The van der Waals surface area contributed by atoms with E-state index in [-0.39, 0.29) is 11.4 Å². The number of thioether (sulfide) groups is 1. The van der Waals surface area contributed by atoms with Gasteiger partial charge in [-0.15, -0.1) is 23.1 Å². The second-order valence-electron chi connectivity index (χ2n) is 3.72. The molecule has 21 heavy (non-hydrogen) atoms. The number of thiophene rings is 1. The van der Waals surface area contributed by atoms with E-state index in [0.717, 1.165) is 10.6 Å². The van der Waals surface area contributed by atoms with Crippen LogP contribution in [0.3, 0.4) is 0 Å². The first kappa shape index (κ1) is 18.0. The fourth-order valence-corrected chi connectivity index (χ4v) is 4.10. The van der Waals surface area contributed by atoms with Crippen LogP contribution < -0.4 is 5.73 Å². The molecule has 5 nitrogen and oxygen atoms in total. The van der Waals surface area contributed by atoms with Gasteiger partial charge >= 0.3 is 5.97 Å². The van der Waals surface area contributed by atoms with Crippen molar-refractivity contribution in [2.24, 2.45) is 5.73 Å². The van der Waals surface area contributed by atoms with Crippen molar-refractivity contribution < 1.29 is 19.4 Å². The molecule has 0 aliphatic carbocycles. The number of aromatic carboxylic acids is 1. The summed E-state index contributed by atoms with van der Waals surface area (Å²) in [5, 5.41) is 11.0. The minimum Gasteiger partial charge on any atom is -0.492 e. The van der Waals surface area contributed by atoms with Crippen LogP contribution in [0.4, 0.5) is 0 Å². The molecule has 3 rings (SSSR count). The van der Waals surface area contributed by atoms with Crippen LogP contribution in [0.25, 0.3) is 0 Å². The first-order valence-corrected chi connectivity index (χ1v) is 8.52. The first-order chi connectivity index (χ1) is 10.3. The molecule has 1 aromatic rings. The summed E-state index contributed by atoms with van der Waals surface area (Å²) in [4.78, 5) is 12.2. The van der Waals surface area contributed by atoms with E-state index in [0.29, 0.717) is 18.1 Å². The molecule has 0 bridgehead atoms. The van der Waals surface area contributed by atoms with E-state index in [1.165, 1.54) is 18.4 Å². The van der Waals surface area contributed by atoms with Crippen molar-refractivity contribution in [2.75, 3.05) is 20.3 Å². The number of fused-ring (bicyclic) bond motifs is 1. The minimum absolute atomic E-state index is 0.0611. The van der Waals surface area contributed by atoms with E-state index in [1.807, 2.05) is 25.3 Å². The summed E-state index contributed by atoms with van der Waals surface area (Å²) in [7, 11) is 1.50. The number of nitrogens with two attached hydrogens (primary N) is 1. The molecular formula is C14H21NO4S2. The van der Waals surface area contributed by atoms with Gasteiger partial charge in [0.1, 0.15) is 23.3 Å². The molecule has 0 saturated carbocycles. The lowest BCUT2D eigenvalue weighted by atomic mass is 10.2. The highest BCUT2D eigenvalue weighted by Gasteiger charge is 2.37. The van der Waals surface area contributed by atoms with Gasteiger partial charge in [-0.25, -0.2) is 4.79 Å². The maximum absolute atomic E-state index is 10.8. The molecule has 2 aliphatic rings. The Morgan fingerprint density at radius 1 is 1.33 bits per heavy atom. The molecule has 1 saturated heterocycles. The van der Waals surface area contributed by atoms with Crippen LogP contribution in [0.5, 0.6) is 0 Å². The van der Waals surface area contributed by atoms with Gasteiger partial charge in [0, 0.05) is 10.3 Å². The third-order valence-electron chi connectivity index (χ3n) is 2.65. The summed E-state index contributed by atoms with van der Waals surface area (Å²) >= 11 is 2.94. The van der Waals surface area contributed by atoms with Crippen LogP contribution in [0.1, 0.15) is 33.6 Å². The number of hydrogen-bond acceptors (Lipinski definition) is 6. The standard InChI is InChI=1S/C11H10O4S2.C2H6.CH5N/c12-11(13)8-2-1-7(17-8)10-9-6(5-16-10)14-3-4-15-9;2*1-2/h1-2,5,9-10H,3-4H2,(H,12,13);1-2H3;2H2,1H3. The van der Waals surface area contributed by atoms with E-state index in [1.54, 1.807) is 17.8 Å². The molecule has 7 heteroatoms. The number of carboxylic acids is 1. The highest BCUT2D eigenvalue weighted by atomic mass is 32.2. The summed E-state index contributed by atoms with van der Waals surface area (Å²) in [5.74, 6) is -0.00485. The Hall–Kier alpha value is -1.02. The third-order valence-corrected chi connectivity index (χ3v) is 5.12. The first-order valence-electron chi connectivity index (χ1n) is 6.76. The van der Waals surface area contributed by atoms with E-state index in [2.05, 4.69) is 5.73 Å². The van der Waals surface area contributed by atoms with Gasteiger partial charge < -0.3 is 20.3 Å². The zero-order valence-electron chi connectivity index (χ0n) is 12.4. The Morgan fingerprint density at radius 2 is 2.05 bits per heavy atom. The summed E-state index contributed by atoms with van der Waals surface area (Å²) in [6, 6.07) is 3.51. The SMILES string of the molecule is CC.CN.O=C(O)c1ccc(C2SC=C3OCCOC32)s1. The van der Waals surface area contributed by atoms with E-state index < -0.39 is 5.97 Å². The van der Waals surface area contributed by atoms with Crippen molar-refractivity contribution in [2.45, 2.75) is 25.2 Å². The minimum atomic E-state index is -0.877. The summed E-state index contributed by atoms with van der Waals surface area (Å²) in [6.45, 7) is 5.19. The molecule has 2 unspecified atom stereocenters. The zero-order chi connectivity index (χ0) is 15.8. The van der Waals surface area contributed by atoms with Crippen LogP contribution in [-0.4, -0.2) is 37.4 Å². The summed E-state index contributed by atoms with van der Waals surface area (Å²) in [5.41, 5.74) is 4.50. The normalized spacial score (nSPS) is 22.6. The molecule has 118 valence electrons. The van der Waals surface area contributed by atoms with Gasteiger partial charge in [0.15, 0.2) is 0 Å². The van der Waals surface area contributed by atoms with E-state index >= 15 is 0 Å². The highest BCUT2D eigenvalue weighted by molar-refractivity contribution is 8.02. The Morgan fingerprint density at radius 3 is 2.67 bits per heavy atom. The number of hydrogen-bond donors (Lipinski definition) is 2. The molecule has 1 aromatic heterocycles. The lowest BCUT2D eigenvalue weighted by molar-refractivity contribution is -0.0397. The fourth-order valence-electron chi connectivity index (χ4n) is 1.89. The molecular weight excluding hydrogens is 310 g/mol. The van der Waals surface area contributed by atoms with Crippen molar-refractivity contribution in [3.63, 3.8) is 0 Å². The van der Waals surface area contributed by atoms with E-state index in [9.17, 15) is 4.79 Å². The highest BCUT2D eigenvalue weighted by Crippen LogP contribution is 2.47. The number of rotatable bonds is 2. The van der Waals surface area contributed by atoms with E-state index in [4.69, 9.17) is 14.6 Å². The predicted octanol–water partition coefficient (Wildman–Crippen LogP) is 3.09. The Kier molecular flexibility index (Phi) is 7.81. The van der Waals surface area contributed by atoms with Gasteiger partial charge in [0.25, 0.3) is 0 Å². The van der Waals surface area contributed by atoms with Crippen LogP contribution in [-0.2, 0) is 9.47 Å². The Balaban J connectivity index is 0.000000510. The lowest BCUT2D eigenvalue weighted by Gasteiger charge is -2.26. The van der Waals surface area contributed by atoms with Gasteiger partial charge in [0.2, 0.25) is 0 Å². The molecule has 2 atom stereocenters. The third kappa shape index (κ3) is 4.23. The van der Waals surface area contributed by atoms with Crippen molar-refractivity contribution in [1.29, 1.82) is 0 Å². The van der Waals surface area contributed by atoms with Crippen LogP contribution in [0, 0.1) is 0 Å². The second-order valence-corrected chi connectivity index (χ2v) is 5.86. The molecule has 0 amide bonds. The van der Waals surface area contributed by atoms with Gasteiger partial charge in [-0.05, 0) is 19.2 Å². The number of carbonyl (C=O) groups is 1.